The highest BCUT2D eigenvalue weighted by molar-refractivity contribution is 6.46. The van der Waals surface area contributed by atoms with Gasteiger partial charge in [-0.1, -0.05) is 49.2 Å². The fourth-order valence-corrected chi connectivity index (χ4v) is 3.18. The monoisotopic (exact) mass is 364 g/mol. The third-order valence-corrected chi connectivity index (χ3v) is 4.47. The van der Waals surface area contributed by atoms with E-state index in [0.29, 0.717) is 11.3 Å². The standard InChI is InChI=1S/C21H24N4O2/c1-15(26)22-19-14-8-7-13-18(19)20(21(27)23-16-9-5-6-10-16)25-24-17-11-3-2-4-12-17/h2-4,7-8,11-14,16,24H,5-6,9-10H2,1H3,(H,22,26)(H,23,27)/b25-20+. The molecule has 2 amide bonds. The van der Waals surface area contributed by atoms with Crippen molar-refractivity contribution in [3.05, 3.63) is 60.2 Å². The molecular formula is C21H24N4O2. The summed E-state index contributed by atoms with van der Waals surface area (Å²) in [5, 5.41) is 10.2. The maximum absolute atomic E-state index is 13.0. The van der Waals surface area contributed by atoms with Gasteiger partial charge in [0.1, 0.15) is 0 Å². The van der Waals surface area contributed by atoms with Crippen LogP contribution in [0.4, 0.5) is 11.4 Å². The normalized spacial score (nSPS) is 14.6. The van der Waals surface area contributed by atoms with Crippen molar-refractivity contribution < 1.29 is 9.59 Å². The number of hydrogen-bond acceptors (Lipinski definition) is 4. The zero-order valence-electron chi connectivity index (χ0n) is 15.4. The zero-order valence-corrected chi connectivity index (χ0v) is 15.4. The summed E-state index contributed by atoms with van der Waals surface area (Å²) in [6.07, 6.45) is 4.22. The van der Waals surface area contributed by atoms with E-state index in [9.17, 15) is 9.59 Å². The van der Waals surface area contributed by atoms with E-state index in [1.807, 2.05) is 42.5 Å². The molecule has 1 fully saturated rings. The van der Waals surface area contributed by atoms with Crippen molar-refractivity contribution >= 4 is 28.9 Å². The second kappa shape index (κ2) is 8.98. The number of hydrazone groups is 1. The Hall–Kier alpha value is -3.15. The van der Waals surface area contributed by atoms with Gasteiger partial charge in [0.25, 0.3) is 5.91 Å². The molecule has 0 bridgehead atoms. The number of nitrogens with one attached hydrogen (secondary N) is 3. The van der Waals surface area contributed by atoms with Crippen LogP contribution in [0.3, 0.4) is 0 Å². The van der Waals surface area contributed by atoms with E-state index < -0.39 is 0 Å². The summed E-state index contributed by atoms with van der Waals surface area (Å²) in [6.45, 7) is 1.44. The van der Waals surface area contributed by atoms with E-state index in [1.54, 1.807) is 12.1 Å². The number of hydrogen-bond donors (Lipinski definition) is 3. The van der Waals surface area contributed by atoms with Crippen LogP contribution in [0.5, 0.6) is 0 Å². The summed E-state index contributed by atoms with van der Waals surface area (Å²) in [4.78, 5) is 24.5. The Bertz CT molecular complexity index is 827. The molecule has 1 aliphatic carbocycles. The van der Waals surface area contributed by atoms with Crippen molar-refractivity contribution in [2.24, 2.45) is 5.10 Å². The van der Waals surface area contributed by atoms with Gasteiger partial charge in [-0.15, -0.1) is 0 Å². The lowest BCUT2D eigenvalue weighted by molar-refractivity contribution is -0.115. The highest BCUT2D eigenvalue weighted by Crippen LogP contribution is 2.20. The van der Waals surface area contributed by atoms with E-state index >= 15 is 0 Å². The lowest BCUT2D eigenvalue weighted by Gasteiger charge is -2.16. The number of rotatable bonds is 6. The lowest BCUT2D eigenvalue weighted by Crippen LogP contribution is -2.38. The molecule has 0 radical (unpaired) electrons. The van der Waals surface area contributed by atoms with Crippen molar-refractivity contribution in [2.75, 3.05) is 10.7 Å². The largest absolute Gasteiger partial charge is 0.348 e. The summed E-state index contributed by atoms with van der Waals surface area (Å²) in [6, 6.07) is 16.8. The van der Waals surface area contributed by atoms with E-state index in [1.165, 1.54) is 6.92 Å². The molecule has 140 valence electrons. The predicted molar refractivity (Wildman–Crippen MR) is 108 cm³/mol. The molecule has 6 nitrogen and oxygen atoms in total. The minimum atomic E-state index is -0.247. The Morgan fingerprint density at radius 2 is 1.63 bits per heavy atom. The summed E-state index contributed by atoms with van der Waals surface area (Å²) in [7, 11) is 0. The molecule has 0 aromatic heterocycles. The van der Waals surface area contributed by atoms with Gasteiger partial charge in [0, 0.05) is 18.5 Å². The zero-order chi connectivity index (χ0) is 19.1. The molecule has 2 aromatic rings. The van der Waals surface area contributed by atoms with Gasteiger partial charge in [-0.2, -0.15) is 5.10 Å². The first-order valence-corrected chi connectivity index (χ1v) is 9.20. The summed E-state index contributed by atoms with van der Waals surface area (Å²) >= 11 is 0. The first-order chi connectivity index (χ1) is 13.1. The molecule has 2 aromatic carbocycles. The topological polar surface area (TPSA) is 82.6 Å². The Morgan fingerprint density at radius 3 is 2.33 bits per heavy atom. The highest BCUT2D eigenvalue weighted by atomic mass is 16.2. The molecule has 3 rings (SSSR count). The Balaban J connectivity index is 1.91. The van der Waals surface area contributed by atoms with Gasteiger partial charge in [-0.3, -0.25) is 15.0 Å². The quantitative estimate of drug-likeness (QED) is 0.542. The number of benzene rings is 2. The van der Waals surface area contributed by atoms with Gasteiger partial charge in [0.05, 0.1) is 11.4 Å². The predicted octanol–water partition coefficient (Wildman–Crippen LogP) is 3.52. The number of para-hydroxylation sites is 2. The van der Waals surface area contributed by atoms with Gasteiger partial charge in [0.2, 0.25) is 5.91 Å². The number of nitrogens with zero attached hydrogens (tertiary/aromatic N) is 1. The number of carbonyl (C=O) groups is 2. The molecule has 3 N–H and O–H groups in total. The molecule has 27 heavy (non-hydrogen) atoms. The highest BCUT2D eigenvalue weighted by Gasteiger charge is 2.23. The molecule has 0 atom stereocenters. The van der Waals surface area contributed by atoms with Gasteiger partial charge in [-0.25, -0.2) is 0 Å². The van der Waals surface area contributed by atoms with E-state index in [-0.39, 0.29) is 23.6 Å². The molecule has 0 spiro atoms. The van der Waals surface area contributed by atoms with Crippen molar-refractivity contribution in [1.82, 2.24) is 5.32 Å². The van der Waals surface area contributed by atoms with Crippen LogP contribution in [0.2, 0.25) is 0 Å². The van der Waals surface area contributed by atoms with Crippen molar-refractivity contribution in [2.45, 2.75) is 38.6 Å². The SMILES string of the molecule is CC(=O)Nc1ccccc1/C(=N\Nc1ccccc1)C(=O)NC1CCCC1. The van der Waals surface area contributed by atoms with Crippen LogP contribution in [-0.2, 0) is 9.59 Å². The first-order valence-electron chi connectivity index (χ1n) is 9.20. The minimum absolute atomic E-state index is 0.173. The fraction of sp³-hybridized carbons (Fsp3) is 0.286. The molecule has 1 aliphatic rings. The number of amides is 2. The van der Waals surface area contributed by atoms with Gasteiger partial charge >= 0.3 is 0 Å². The number of anilines is 2. The van der Waals surface area contributed by atoms with Crippen LogP contribution in [-0.4, -0.2) is 23.6 Å². The smallest absolute Gasteiger partial charge is 0.272 e. The van der Waals surface area contributed by atoms with E-state index in [4.69, 9.17) is 0 Å². The van der Waals surface area contributed by atoms with Crippen molar-refractivity contribution in [3.63, 3.8) is 0 Å². The summed E-state index contributed by atoms with van der Waals surface area (Å²) in [5.74, 6) is -0.447. The summed E-state index contributed by atoms with van der Waals surface area (Å²) in [5.41, 5.74) is 5.10. The fourth-order valence-electron chi connectivity index (χ4n) is 3.18. The van der Waals surface area contributed by atoms with Crippen LogP contribution < -0.4 is 16.1 Å². The van der Waals surface area contributed by atoms with Crippen LogP contribution >= 0.6 is 0 Å². The van der Waals surface area contributed by atoms with Crippen LogP contribution in [0, 0.1) is 0 Å². The van der Waals surface area contributed by atoms with Crippen molar-refractivity contribution in [1.29, 1.82) is 0 Å². The molecule has 6 heteroatoms. The average Bonchev–Trinajstić information content (AvgIpc) is 3.16. The average molecular weight is 364 g/mol. The minimum Gasteiger partial charge on any atom is -0.348 e. The van der Waals surface area contributed by atoms with Crippen LogP contribution in [0.25, 0.3) is 0 Å². The molecule has 0 unspecified atom stereocenters. The number of carbonyl (C=O) groups excluding carboxylic acids is 2. The maximum Gasteiger partial charge on any atom is 0.272 e. The van der Waals surface area contributed by atoms with Crippen molar-refractivity contribution in [3.8, 4) is 0 Å². The first kappa shape index (κ1) is 18.6. The molecule has 0 saturated heterocycles. The van der Waals surface area contributed by atoms with E-state index in [2.05, 4.69) is 21.2 Å². The Kier molecular flexibility index (Phi) is 6.20. The maximum atomic E-state index is 13.0. The third kappa shape index (κ3) is 5.17. The second-order valence-electron chi connectivity index (χ2n) is 6.62. The Labute approximate surface area is 159 Å². The molecule has 0 aliphatic heterocycles. The van der Waals surface area contributed by atoms with Gasteiger partial charge < -0.3 is 10.6 Å². The Morgan fingerprint density at radius 1 is 0.963 bits per heavy atom. The summed E-state index contributed by atoms with van der Waals surface area (Å²) < 4.78 is 0. The lowest BCUT2D eigenvalue weighted by atomic mass is 10.1. The third-order valence-electron chi connectivity index (χ3n) is 4.47. The second-order valence-corrected chi connectivity index (χ2v) is 6.62. The molecule has 0 heterocycles. The van der Waals surface area contributed by atoms with Crippen LogP contribution in [0.15, 0.2) is 59.7 Å². The van der Waals surface area contributed by atoms with Gasteiger partial charge in [-0.05, 0) is 31.0 Å². The molecular weight excluding hydrogens is 340 g/mol. The van der Waals surface area contributed by atoms with E-state index in [0.717, 1.165) is 31.4 Å². The molecule has 1 saturated carbocycles. The van der Waals surface area contributed by atoms with Gasteiger partial charge in [0.15, 0.2) is 5.71 Å². The van der Waals surface area contributed by atoms with Crippen LogP contribution in [0.1, 0.15) is 38.2 Å².